The number of phenols is 1. The zero-order chi connectivity index (χ0) is 18.0. The lowest BCUT2D eigenvalue weighted by Gasteiger charge is -2.15. The number of hydrogen-bond donors (Lipinski definition) is 2. The third-order valence-electron chi connectivity index (χ3n) is 3.74. The van der Waals surface area contributed by atoms with Crippen molar-refractivity contribution in [2.75, 3.05) is 11.9 Å². The number of aromatic hydroxyl groups is 1. The molecular formula is C19H17ClN2O3. The van der Waals surface area contributed by atoms with Gasteiger partial charge in [-0.3, -0.25) is 4.98 Å². The molecule has 0 aliphatic rings. The number of anilines is 2. The van der Waals surface area contributed by atoms with E-state index in [1.807, 2.05) is 13.0 Å². The summed E-state index contributed by atoms with van der Waals surface area (Å²) in [4.78, 5) is 16.7. The Morgan fingerprint density at radius 1 is 1.32 bits per heavy atom. The van der Waals surface area contributed by atoms with Gasteiger partial charge < -0.3 is 15.2 Å². The van der Waals surface area contributed by atoms with Gasteiger partial charge in [0.1, 0.15) is 11.3 Å². The Hall–Kier alpha value is -2.79. The molecule has 0 saturated carbocycles. The fourth-order valence-corrected chi connectivity index (χ4v) is 2.94. The van der Waals surface area contributed by atoms with Crippen LogP contribution in [0.5, 0.6) is 5.75 Å². The molecule has 0 bridgehead atoms. The Bertz CT molecular complexity index is 957. The van der Waals surface area contributed by atoms with Gasteiger partial charge in [0.2, 0.25) is 0 Å². The number of nitrogens with one attached hydrogen (secondary N) is 1. The van der Waals surface area contributed by atoms with Crippen molar-refractivity contribution in [1.82, 2.24) is 4.98 Å². The number of aryl methyl sites for hydroxylation is 1. The molecule has 6 heteroatoms. The lowest BCUT2D eigenvalue weighted by atomic mass is 10.1. The molecule has 0 aliphatic heterocycles. The van der Waals surface area contributed by atoms with Gasteiger partial charge in [0.15, 0.2) is 0 Å². The Balaban J connectivity index is 2.23. The Kier molecular flexibility index (Phi) is 4.76. The molecule has 1 heterocycles. The summed E-state index contributed by atoms with van der Waals surface area (Å²) in [5, 5.41) is 14.1. The van der Waals surface area contributed by atoms with E-state index in [9.17, 15) is 9.90 Å². The minimum atomic E-state index is -0.475. The predicted molar refractivity (Wildman–Crippen MR) is 98.8 cm³/mol. The average molecular weight is 357 g/mol. The van der Waals surface area contributed by atoms with Crippen LogP contribution in [0.1, 0.15) is 22.8 Å². The second kappa shape index (κ2) is 6.99. The highest BCUT2D eigenvalue weighted by atomic mass is 35.5. The van der Waals surface area contributed by atoms with E-state index < -0.39 is 5.97 Å². The van der Waals surface area contributed by atoms with E-state index in [0.29, 0.717) is 27.3 Å². The second-order valence-electron chi connectivity index (χ2n) is 5.56. The highest BCUT2D eigenvalue weighted by Crippen LogP contribution is 2.33. The van der Waals surface area contributed by atoms with E-state index in [1.54, 1.807) is 37.3 Å². The first kappa shape index (κ1) is 17.0. The maximum Gasteiger partial charge on any atom is 0.341 e. The van der Waals surface area contributed by atoms with Crippen LogP contribution in [0.3, 0.4) is 0 Å². The SMILES string of the molecule is CCOC(=O)c1cnc2c(C)cc(Cl)cc2c1Nc1cccc(O)c1. The summed E-state index contributed by atoms with van der Waals surface area (Å²) in [6, 6.07) is 10.2. The molecule has 0 aliphatic carbocycles. The fourth-order valence-electron chi connectivity index (χ4n) is 2.66. The van der Waals surface area contributed by atoms with E-state index in [2.05, 4.69) is 10.3 Å². The normalized spacial score (nSPS) is 10.7. The van der Waals surface area contributed by atoms with Crippen LogP contribution < -0.4 is 5.32 Å². The summed E-state index contributed by atoms with van der Waals surface area (Å²) in [7, 11) is 0. The topological polar surface area (TPSA) is 71.5 Å². The minimum absolute atomic E-state index is 0.121. The van der Waals surface area contributed by atoms with Crippen LogP contribution in [0.15, 0.2) is 42.6 Å². The van der Waals surface area contributed by atoms with E-state index in [-0.39, 0.29) is 12.4 Å². The van der Waals surface area contributed by atoms with Gasteiger partial charge >= 0.3 is 5.97 Å². The van der Waals surface area contributed by atoms with Crippen molar-refractivity contribution < 1.29 is 14.6 Å². The molecule has 5 nitrogen and oxygen atoms in total. The summed E-state index contributed by atoms with van der Waals surface area (Å²) in [6.45, 7) is 3.91. The Morgan fingerprint density at radius 2 is 2.12 bits per heavy atom. The van der Waals surface area contributed by atoms with E-state index >= 15 is 0 Å². The number of aromatic nitrogens is 1. The van der Waals surface area contributed by atoms with Crippen molar-refractivity contribution in [2.45, 2.75) is 13.8 Å². The molecule has 2 N–H and O–H groups in total. The first-order chi connectivity index (χ1) is 12.0. The molecule has 3 rings (SSSR count). The van der Waals surface area contributed by atoms with Gasteiger partial charge in [-0.2, -0.15) is 0 Å². The molecule has 0 amide bonds. The molecule has 0 fully saturated rings. The summed E-state index contributed by atoms with van der Waals surface area (Å²) in [6.07, 6.45) is 1.49. The molecule has 2 aromatic carbocycles. The number of hydrogen-bond acceptors (Lipinski definition) is 5. The first-order valence-corrected chi connectivity index (χ1v) is 8.19. The van der Waals surface area contributed by atoms with Crippen LogP contribution in [0.25, 0.3) is 10.9 Å². The number of halogens is 1. The van der Waals surface area contributed by atoms with Crippen molar-refractivity contribution >= 4 is 39.8 Å². The van der Waals surface area contributed by atoms with Gasteiger partial charge in [-0.05, 0) is 43.7 Å². The summed E-state index contributed by atoms with van der Waals surface area (Å²) in [5.41, 5.74) is 3.12. The number of esters is 1. The monoisotopic (exact) mass is 356 g/mol. The molecule has 0 atom stereocenters. The third-order valence-corrected chi connectivity index (χ3v) is 3.96. The standard InChI is InChI=1S/C19H17ClN2O3/c1-3-25-19(24)16-10-21-17-11(2)7-12(20)8-15(17)18(16)22-13-5-4-6-14(23)9-13/h4-10,23H,3H2,1-2H3,(H,21,22). The summed E-state index contributed by atoms with van der Waals surface area (Å²) < 4.78 is 5.14. The molecule has 128 valence electrons. The van der Waals surface area contributed by atoms with Crippen molar-refractivity contribution in [3.63, 3.8) is 0 Å². The number of rotatable bonds is 4. The summed E-state index contributed by atoms with van der Waals surface area (Å²) >= 11 is 6.21. The van der Waals surface area contributed by atoms with Crippen LogP contribution in [0.4, 0.5) is 11.4 Å². The number of ether oxygens (including phenoxy) is 1. The lowest BCUT2D eigenvalue weighted by Crippen LogP contribution is -2.09. The van der Waals surface area contributed by atoms with Crippen molar-refractivity contribution in [3.05, 3.63) is 58.7 Å². The Morgan fingerprint density at radius 3 is 2.84 bits per heavy atom. The molecule has 1 aromatic heterocycles. The quantitative estimate of drug-likeness (QED) is 0.655. The summed E-state index contributed by atoms with van der Waals surface area (Å²) in [5.74, 6) is -0.354. The number of carbonyl (C=O) groups excluding carboxylic acids is 1. The lowest BCUT2D eigenvalue weighted by molar-refractivity contribution is 0.0527. The Labute approximate surface area is 150 Å². The van der Waals surface area contributed by atoms with Crippen LogP contribution >= 0.6 is 11.6 Å². The molecule has 25 heavy (non-hydrogen) atoms. The van der Waals surface area contributed by atoms with Crippen molar-refractivity contribution in [1.29, 1.82) is 0 Å². The van der Waals surface area contributed by atoms with E-state index in [4.69, 9.17) is 16.3 Å². The van der Waals surface area contributed by atoms with Gasteiger partial charge in [0, 0.05) is 28.4 Å². The predicted octanol–water partition coefficient (Wildman–Crippen LogP) is 4.82. The largest absolute Gasteiger partial charge is 0.508 e. The number of phenolic OH excluding ortho intramolecular Hbond substituents is 1. The van der Waals surface area contributed by atoms with Gasteiger partial charge in [0.25, 0.3) is 0 Å². The van der Waals surface area contributed by atoms with Crippen molar-refractivity contribution in [2.24, 2.45) is 0 Å². The number of nitrogens with zero attached hydrogens (tertiary/aromatic N) is 1. The van der Waals surface area contributed by atoms with Crippen LogP contribution in [-0.4, -0.2) is 22.7 Å². The first-order valence-electron chi connectivity index (χ1n) is 7.81. The van der Waals surface area contributed by atoms with E-state index in [0.717, 1.165) is 11.1 Å². The molecule has 3 aromatic rings. The average Bonchev–Trinajstić information content (AvgIpc) is 2.55. The van der Waals surface area contributed by atoms with Crippen LogP contribution in [0, 0.1) is 6.92 Å². The zero-order valence-electron chi connectivity index (χ0n) is 13.8. The number of fused-ring (bicyclic) bond motifs is 1. The third kappa shape index (κ3) is 3.51. The highest BCUT2D eigenvalue weighted by Gasteiger charge is 2.18. The smallest absolute Gasteiger partial charge is 0.341 e. The maximum absolute atomic E-state index is 12.4. The minimum Gasteiger partial charge on any atom is -0.508 e. The van der Waals surface area contributed by atoms with Gasteiger partial charge in [-0.25, -0.2) is 4.79 Å². The zero-order valence-corrected chi connectivity index (χ0v) is 14.6. The number of pyridine rings is 1. The van der Waals surface area contributed by atoms with Gasteiger partial charge in [0.05, 0.1) is 17.8 Å². The molecule has 0 spiro atoms. The molecule has 0 radical (unpaired) electrons. The van der Waals surface area contributed by atoms with Gasteiger partial charge in [-0.1, -0.05) is 17.7 Å². The molecular weight excluding hydrogens is 340 g/mol. The highest BCUT2D eigenvalue weighted by molar-refractivity contribution is 6.31. The number of benzene rings is 2. The van der Waals surface area contributed by atoms with Crippen LogP contribution in [-0.2, 0) is 4.74 Å². The molecule has 0 unspecified atom stereocenters. The fraction of sp³-hybridized carbons (Fsp3) is 0.158. The van der Waals surface area contributed by atoms with Crippen molar-refractivity contribution in [3.8, 4) is 5.75 Å². The number of carbonyl (C=O) groups is 1. The van der Waals surface area contributed by atoms with Crippen LogP contribution in [0.2, 0.25) is 5.02 Å². The van der Waals surface area contributed by atoms with E-state index in [1.165, 1.54) is 6.20 Å². The van der Waals surface area contributed by atoms with Gasteiger partial charge in [-0.15, -0.1) is 0 Å². The maximum atomic E-state index is 12.4. The second-order valence-corrected chi connectivity index (χ2v) is 6.00. The molecule has 0 saturated heterocycles.